The third kappa shape index (κ3) is 4.11. The van der Waals surface area contributed by atoms with E-state index in [1.165, 1.54) is 23.9 Å². The number of hydrogen-bond acceptors (Lipinski definition) is 7. The molecule has 122 valence electrons. The van der Waals surface area contributed by atoms with Gasteiger partial charge in [-0.15, -0.1) is 10.2 Å². The molecule has 0 atom stereocenters. The molecule has 1 heterocycles. The van der Waals surface area contributed by atoms with Crippen LogP contribution in [0.25, 0.3) is 11.5 Å². The summed E-state index contributed by atoms with van der Waals surface area (Å²) in [5, 5.41) is 19.1. The Hall–Kier alpha value is -2.87. The predicted octanol–water partition coefficient (Wildman–Crippen LogP) is 3.82. The van der Waals surface area contributed by atoms with E-state index in [0.717, 1.165) is 5.56 Å². The number of nitrogens with zero attached hydrogens (tertiary/aromatic N) is 3. The Bertz CT molecular complexity index is 823. The average Bonchev–Trinajstić information content (AvgIpc) is 3.09. The first-order chi connectivity index (χ1) is 11.7. The van der Waals surface area contributed by atoms with Gasteiger partial charge in [0.2, 0.25) is 5.89 Å². The second kappa shape index (κ2) is 7.60. The van der Waals surface area contributed by atoms with Crippen molar-refractivity contribution < 1.29 is 14.1 Å². The van der Waals surface area contributed by atoms with Crippen molar-refractivity contribution >= 4 is 17.4 Å². The fourth-order valence-electron chi connectivity index (χ4n) is 1.94. The molecular weight excluding hydrogens is 330 g/mol. The number of rotatable bonds is 7. The quantitative estimate of drug-likeness (QED) is 0.279. The topological polar surface area (TPSA) is 91.3 Å². The van der Waals surface area contributed by atoms with Crippen LogP contribution in [0.3, 0.4) is 0 Å². The molecule has 7 nitrogen and oxygen atoms in total. The van der Waals surface area contributed by atoms with Gasteiger partial charge in [-0.05, 0) is 18.2 Å². The first kappa shape index (κ1) is 16.0. The molecule has 2 aromatic carbocycles. The molecule has 0 amide bonds. The maximum Gasteiger partial charge on any atom is 0.276 e. The van der Waals surface area contributed by atoms with Crippen molar-refractivity contribution in [3.05, 3.63) is 64.7 Å². The minimum atomic E-state index is -0.453. The number of ether oxygens (including phenoxy) is 1. The number of aromatic nitrogens is 2. The number of thioether (sulfide) groups is 1. The zero-order chi connectivity index (χ0) is 16.8. The van der Waals surface area contributed by atoms with Crippen LogP contribution in [-0.4, -0.2) is 27.5 Å². The minimum absolute atomic E-state index is 0.00422. The van der Waals surface area contributed by atoms with Gasteiger partial charge in [-0.2, -0.15) is 0 Å². The smallest absolute Gasteiger partial charge is 0.276 e. The van der Waals surface area contributed by atoms with Crippen molar-refractivity contribution in [1.29, 1.82) is 0 Å². The lowest BCUT2D eigenvalue weighted by Gasteiger charge is -2.04. The molecule has 0 N–H and O–H groups in total. The van der Waals surface area contributed by atoms with Crippen molar-refractivity contribution in [3.63, 3.8) is 0 Å². The van der Waals surface area contributed by atoms with Crippen molar-refractivity contribution in [2.75, 3.05) is 12.4 Å². The van der Waals surface area contributed by atoms with Gasteiger partial charge in [0.05, 0.1) is 17.6 Å². The van der Waals surface area contributed by atoms with Gasteiger partial charge < -0.3 is 9.15 Å². The van der Waals surface area contributed by atoms with Crippen LogP contribution in [0, 0.1) is 10.1 Å². The molecule has 8 heteroatoms. The summed E-state index contributed by atoms with van der Waals surface area (Å²) in [7, 11) is 0. The van der Waals surface area contributed by atoms with E-state index in [-0.39, 0.29) is 5.69 Å². The van der Waals surface area contributed by atoms with Crippen molar-refractivity contribution in [2.45, 2.75) is 5.22 Å². The summed E-state index contributed by atoms with van der Waals surface area (Å²) in [6.07, 6.45) is 0. The lowest BCUT2D eigenvalue weighted by molar-refractivity contribution is -0.384. The Morgan fingerprint density at radius 1 is 1.12 bits per heavy atom. The molecule has 0 saturated heterocycles. The van der Waals surface area contributed by atoms with Crippen LogP contribution in [0.2, 0.25) is 0 Å². The highest BCUT2D eigenvalue weighted by Crippen LogP contribution is 2.23. The highest BCUT2D eigenvalue weighted by molar-refractivity contribution is 7.99. The number of non-ortho nitro benzene ring substituents is 1. The molecule has 0 aliphatic rings. The van der Waals surface area contributed by atoms with E-state index in [1.54, 1.807) is 12.1 Å². The predicted molar refractivity (Wildman–Crippen MR) is 89.0 cm³/mol. The van der Waals surface area contributed by atoms with E-state index < -0.39 is 4.92 Å². The highest BCUT2D eigenvalue weighted by Gasteiger charge is 2.09. The lowest BCUT2D eigenvalue weighted by Crippen LogP contribution is -2.00. The zero-order valence-corrected chi connectivity index (χ0v) is 13.3. The molecule has 0 unspecified atom stereocenters. The molecule has 3 rings (SSSR count). The van der Waals surface area contributed by atoms with E-state index in [4.69, 9.17) is 9.15 Å². The Labute approximate surface area is 141 Å². The van der Waals surface area contributed by atoms with Gasteiger partial charge in [0.1, 0.15) is 5.75 Å². The maximum atomic E-state index is 10.7. The molecule has 0 aliphatic carbocycles. The van der Waals surface area contributed by atoms with Crippen molar-refractivity contribution in [2.24, 2.45) is 0 Å². The minimum Gasteiger partial charge on any atom is -0.492 e. The van der Waals surface area contributed by atoms with E-state index >= 15 is 0 Å². The number of hydrogen-bond donors (Lipinski definition) is 0. The van der Waals surface area contributed by atoms with Crippen LogP contribution < -0.4 is 4.74 Å². The standard InChI is InChI=1S/C16H13N3O4S/c20-19(21)13-7-4-8-14(11-13)22-9-10-24-16-18-17-15(23-16)12-5-2-1-3-6-12/h1-8,11H,9-10H2. The van der Waals surface area contributed by atoms with Crippen LogP contribution in [0.4, 0.5) is 5.69 Å². The summed E-state index contributed by atoms with van der Waals surface area (Å²) >= 11 is 1.37. The zero-order valence-electron chi connectivity index (χ0n) is 12.5. The van der Waals surface area contributed by atoms with Gasteiger partial charge in [-0.3, -0.25) is 10.1 Å². The Balaban J connectivity index is 1.50. The molecule has 0 radical (unpaired) electrons. The molecule has 0 saturated carbocycles. The number of nitro benzene ring substituents is 1. The maximum absolute atomic E-state index is 10.7. The summed E-state index contributed by atoms with van der Waals surface area (Å²) in [4.78, 5) is 10.3. The summed E-state index contributed by atoms with van der Waals surface area (Å²) in [5.74, 6) is 1.51. The second-order valence-corrected chi connectivity index (χ2v) is 5.74. The van der Waals surface area contributed by atoms with Crippen LogP contribution >= 0.6 is 11.8 Å². The van der Waals surface area contributed by atoms with Gasteiger partial charge in [0.15, 0.2) is 0 Å². The first-order valence-electron chi connectivity index (χ1n) is 7.11. The van der Waals surface area contributed by atoms with E-state index in [2.05, 4.69) is 10.2 Å². The van der Waals surface area contributed by atoms with Crippen molar-refractivity contribution in [3.8, 4) is 17.2 Å². The first-order valence-corrected chi connectivity index (χ1v) is 8.10. The molecule has 24 heavy (non-hydrogen) atoms. The van der Waals surface area contributed by atoms with Crippen LogP contribution in [0.15, 0.2) is 64.2 Å². The molecule has 3 aromatic rings. The van der Waals surface area contributed by atoms with Crippen molar-refractivity contribution in [1.82, 2.24) is 10.2 Å². The van der Waals surface area contributed by atoms with Crippen LogP contribution in [0.1, 0.15) is 0 Å². The monoisotopic (exact) mass is 343 g/mol. The molecule has 0 aliphatic heterocycles. The van der Waals surface area contributed by atoms with Gasteiger partial charge in [-0.25, -0.2) is 0 Å². The number of nitro groups is 1. The molecule has 0 spiro atoms. The summed E-state index contributed by atoms with van der Waals surface area (Å²) in [6.45, 7) is 0.370. The second-order valence-electron chi connectivity index (χ2n) is 4.69. The van der Waals surface area contributed by atoms with Gasteiger partial charge >= 0.3 is 0 Å². The van der Waals surface area contributed by atoms with E-state index in [0.29, 0.717) is 29.2 Å². The van der Waals surface area contributed by atoms with Crippen LogP contribution in [-0.2, 0) is 0 Å². The van der Waals surface area contributed by atoms with E-state index in [1.807, 2.05) is 30.3 Å². The van der Waals surface area contributed by atoms with Gasteiger partial charge in [-0.1, -0.05) is 36.0 Å². The Morgan fingerprint density at radius 2 is 1.96 bits per heavy atom. The van der Waals surface area contributed by atoms with E-state index in [9.17, 15) is 10.1 Å². The number of benzene rings is 2. The molecule has 0 fully saturated rings. The van der Waals surface area contributed by atoms with Crippen LogP contribution in [0.5, 0.6) is 5.75 Å². The Morgan fingerprint density at radius 3 is 2.75 bits per heavy atom. The molecular formula is C16H13N3O4S. The fraction of sp³-hybridized carbons (Fsp3) is 0.125. The van der Waals surface area contributed by atoms with Gasteiger partial charge in [0.25, 0.3) is 10.9 Å². The molecule has 0 bridgehead atoms. The van der Waals surface area contributed by atoms with Gasteiger partial charge in [0, 0.05) is 17.4 Å². The average molecular weight is 343 g/mol. The third-order valence-electron chi connectivity index (χ3n) is 3.03. The lowest BCUT2D eigenvalue weighted by atomic mass is 10.2. The summed E-state index contributed by atoms with van der Waals surface area (Å²) < 4.78 is 11.1. The fourth-order valence-corrected chi connectivity index (χ4v) is 2.52. The SMILES string of the molecule is O=[N+]([O-])c1cccc(OCCSc2nnc(-c3ccccc3)o2)c1. The Kier molecular flexibility index (Phi) is 5.07. The highest BCUT2D eigenvalue weighted by atomic mass is 32.2. The summed E-state index contributed by atoms with van der Waals surface area (Å²) in [6, 6.07) is 15.6. The largest absolute Gasteiger partial charge is 0.492 e. The normalized spacial score (nSPS) is 10.5. The summed E-state index contributed by atoms with van der Waals surface area (Å²) in [5.41, 5.74) is 0.870. The molecule has 1 aromatic heterocycles. The third-order valence-corrected chi connectivity index (χ3v) is 3.82.